The molecule has 41 heavy (non-hydrogen) atoms. The van der Waals surface area contributed by atoms with E-state index in [1.165, 1.54) is 18.6 Å². The highest BCUT2D eigenvalue weighted by Gasteiger charge is 2.53. The minimum atomic E-state index is -0.949. The largest absolute Gasteiger partial charge is 0.478 e. The lowest BCUT2D eigenvalue weighted by Crippen LogP contribution is -2.50. The van der Waals surface area contributed by atoms with Crippen LogP contribution in [0.4, 0.5) is 10.1 Å². The Bertz CT molecular complexity index is 1380. The van der Waals surface area contributed by atoms with Crippen molar-refractivity contribution in [3.8, 4) is 0 Å². The zero-order valence-corrected chi connectivity index (χ0v) is 23.9. The number of anilines is 1. The van der Waals surface area contributed by atoms with Crippen molar-refractivity contribution in [2.75, 3.05) is 11.9 Å². The van der Waals surface area contributed by atoms with E-state index in [4.69, 9.17) is 28.3 Å². The molecule has 1 aliphatic heterocycles. The summed E-state index contributed by atoms with van der Waals surface area (Å²) in [5, 5.41) is 18.3. The summed E-state index contributed by atoms with van der Waals surface area (Å²) in [6.45, 7) is 0.980. The highest BCUT2D eigenvalue weighted by Crippen LogP contribution is 2.47. The second-order valence-electron chi connectivity index (χ2n) is 10.3. The zero-order chi connectivity index (χ0) is 29.4. The SMILES string of the molecule is O=C(Nc1cccc(Cl)c1)C1C(c2cccc(Cl)c2F)CNC12CCCCC2.O=CNCc1ccc(C(=O)O)cc1. The Balaban J connectivity index is 0.000000251. The summed E-state index contributed by atoms with van der Waals surface area (Å²) in [5.74, 6) is -2.12. The maximum Gasteiger partial charge on any atom is 0.335 e. The van der Waals surface area contributed by atoms with Crippen LogP contribution in [0.3, 0.4) is 0 Å². The van der Waals surface area contributed by atoms with E-state index < -0.39 is 11.8 Å². The van der Waals surface area contributed by atoms with Crippen LogP contribution >= 0.6 is 23.2 Å². The molecule has 2 fully saturated rings. The number of hydrogen-bond acceptors (Lipinski definition) is 4. The molecule has 1 saturated heterocycles. The molecule has 0 radical (unpaired) electrons. The fraction of sp³-hybridized carbons (Fsp3) is 0.323. The second-order valence-corrected chi connectivity index (χ2v) is 11.2. The van der Waals surface area contributed by atoms with E-state index >= 15 is 0 Å². The molecule has 4 N–H and O–H groups in total. The first-order chi connectivity index (χ1) is 19.7. The van der Waals surface area contributed by atoms with Crippen LogP contribution in [0.5, 0.6) is 0 Å². The monoisotopic (exact) mass is 599 g/mol. The fourth-order valence-electron chi connectivity index (χ4n) is 5.84. The van der Waals surface area contributed by atoms with Crippen LogP contribution in [-0.2, 0) is 16.1 Å². The summed E-state index contributed by atoms with van der Waals surface area (Å²) in [5.41, 5.74) is 1.97. The molecular formula is C31H32Cl2FN3O4. The van der Waals surface area contributed by atoms with Gasteiger partial charge in [-0.2, -0.15) is 0 Å². The zero-order valence-electron chi connectivity index (χ0n) is 22.3. The van der Waals surface area contributed by atoms with E-state index in [-0.39, 0.29) is 33.9 Å². The van der Waals surface area contributed by atoms with Gasteiger partial charge in [-0.05, 0) is 60.4 Å². The number of benzene rings is 3. The first kappa shape index (κ1) is 30.5. The van der Waals surface area contributed by atoms with E-state index in [0.717, 1.165) is 31.2 Å². The van der Waals surface area contributed by atoms with E-state index in [9.17, 15) is 18.8 Å². The highest BCUT2D eigenvalue weighted by atomic mass is 35.5. The molecule has 5 rings (SSSR count). The van der Waals surface area contributed by atoms with Gasteiger partial charge in [-0.3, -0.25) is 9.59 Å². The molecule has 7 nitrogen and oxygen atoms in total. The minimum absolute atomic E-state index is 0.0936. The van der Waals surface area contributed by atoms with Gasteiger partial charge in [0.2, 0.25) is 12.3 Å². The number of carboxylic acids is 1. The number of hydrogen-bond donors (Lipinski definition) is 4. The molecule has 0 aromatic heterocycles. The molecule has 3 aromatic rings. The Kier molecular flexibility index (Phi) is 10.4. The minimum Gasteiger partial charge on any atom is -0.478 e. The number of nitrogens with one attached hydrogen (secondary N) is 3. The normalized spacial score (nSPS) is 19.1. The van der Waals surface area contributed by atoms with E-state index in [1.54, 1.807) is 48.5 Å². The van der Waals surface area contributed by atoms with Crippen molar-refractivity contribution < 1.29 is 23.9 Å². The molecule has 2 aliphatic rings. The molecule has 1 saturated carbocycles. The quantitative estimate of drug-likeness (QED) is 0.235. The van der Waals surface area contributed by atoms with Crippen LogP contribution in [0.1, 0.15) is 59.5 Å². The standard InChI is InChI=1S/C22H23Cl2FN2O.C9H9NO3/c23-14-6-4-7-15(12-14)27-21(28)19-17(16-8-5-9-18(24)20(16)25)13-26-22(19)10-2-1-3-11-22;11-6-10-5-7-1-3-8(4-2-7)9(12)13/h4-9,12,17,19,26H,1-3,10-11,13H2,(H,27,28);1-4,6H,5H2,(H,10,11)(H,12,13). The van der Waals surface area contributed by atoms with Gasteiger partial charge in [0.1, 0.15) is 5.82 Å². The molecule has 3 aromatic carbocycles. The van der Waals surface area contributed by atoms with Crippen LogP contribution in [0.2, 0.25) is 10.0 Å². The third-order valence-electron chi connectivity index (χ3n) is 7.76. The molecule has 2 amide bonds. The number of carboxylic acid groups (broad SMARTS) is 1. The van der Waals surface area contributed by atoms with Crippen molar-refractivity contribution in [2.24, 2.45) is 5.92 Å². The maximum atomic E-state index is 14.8. The van der Waals surface area contributed by atoms with Crippen molar-refractivity contribution in [1.29, 1.82) is 0 Å². The lowest BCUT2D eigenvalue weighted by Gasteiger charge is -2.39. The van der Waals surface area contributed by atoms with Crippen molar-refractivity contribution in [1.82, 2.24) is 10.6 Å². The number of amides is 2. The molecule has 10 heteroatoms. The molecule has 216 valence electrons. The maximum absolute atomic E-state index is 14.8. The van der Waals surface area contributed by atoms with Gasteiger partial charge in [0.15, 0.2) is 0 Å². The predicted molar refractivity (Wildman–Crippen MR) is 158 cm³/mol. The molecule has 1 aliphatic carbocycles. The van der Waals surface area contributed by atoms with Gasteiger partial charge in [-0.25, -0.2) is 9.18 Å². The Morgan fingerprint density at radius 1 is 1.02 bits per heavy atom. The lowest BCUT2D eigenvalue weighted by molar-refractivity contribution is -0.122. The summed E-state index contributed by atoms with van der Waals surface area (Å²) in [4.78, 5) is 33.8. The highest BCUT2D eigenvalue weighted by molar-refractivity contribution is 6.31. The van der Waals surface area contributed by atoms with Gasteiger partial charge in [0.25, 0.3) is 0 Å². The molecule has 2 unspecified atom stereocenters. The van der Waals surface area contributed by atoms with E-state index in [0.29, 0.717) is 35.8 Å². The number of aromatic carboxylic acids is 1. The van der Waals surface area contributed by atoms with Gasteiger partial charge in [0, 0.05) is 35.3 Å². The molecule has 1 heterocycles. The third kappa shape index (κ3) is 7.44. The van der Waals surface area contributed by atoms with Gasteiger partial charge < -0.3 is 21.1 Å². The summed E-state index contributed by atoms with van der Waals surface area (Å²) in [7, 11) is 0. The Morgan fingerprint density at radius 3 is 2.39 bits per heavy atom. The molecule has 2 atom stereocenters. The van der Waals surface area contributed by atoms with Crippen molar-refractivity contribution >= 4 is 47.2 Å². The fourth-order valence-corrected chi connectivity index (χ4v) is 6.21. The number of carbonyl (C=O) groups excluding carboxylic acids is 2. The molecular weight excluding hydrogens is 568 g/mol. The van der Waals surface area contributed by atoms with Crippen LogP contribution < -0.4 is 16.0 Å². The second kappa shape index (κ2) is 13.9. The summed E-state index contributed by atoms with van der Waals surface area (Å²) in [6, 6.07) is 18.5. The molecule has 1 spiro atoms. The summed E-state index contributed by atoms with van der Waals surface area (Å²) >= 11 is 12.1. The van der Waals surface area contributed by atoms with Gasteiger partial charge in [0.05, 0.1) is 16.5 Å². The smallest absolute Gasteiger partial charge is 0.335 e. The van der Waals surface area contributed by atoms with E-state index in [1.807, 2.05) is 6.07 Å². The topological polar surface area (TPSA) is 108 Å². The molecule has 0 bridgehead atoms. The van der Waals surface area contributed by atoms with Gasteiger partial charge in [-0.1, -0.05) is 72.8 Å². The average Bonchev–Trinajstić information content (AvgIpc) is 3.32. The number of carbonyl (C=O) groups is 3. The van der Waals surface area contributed by atoms with Crippen LogP contribution in [0, 0.1) is 11.7 Å². The predicted octanol–water partition coefficient (Wildman–Crippen LogP) is 6.41. The van der Waals surface area contributed by atoms with Crippen LogP contribution in [0.25, 0.3) is 0 Å². The van der Waals surface area contributed by atoms with Gasteiger partial charge >= 0.3 is 5.97 Å². The summed E-state index contributed by atoms with van der Waals surface area (Å²) in [6.07, 6.45) is 5.74. The Hall–Kier alpha value is -3.46. The summed E-state index contributed by atoms with van der Waals surface area (Å²) < 4.78 is 14.8. The van der Waals surface area contributed by atoms with Crippen LogP contribution in [-0.4, -0.2) is 35.5 Å². The lowest BCUT2D eigenvalue weighted by atomic mass is 9.69. The number of halogens is 3. The first-order valence-electron chi connectivity index (χ1n) is 13.5. The van der Waals surface area contributed by atoms with Crippen molar-refractivity contribution in [2.45, 2.75) is 50.1 Å². The van der Waals surface area contributed by atoms with E-state index in [2.05, 4.69) is 16.0 Å². The Labute approximate surface area is 248 Å². The van der Waals surface area contributed by atoms with Gasteiger partial charge in [-0.15, -0.1) is 0 Å². The number of rotatable bonds is 7. The van der Waals surface area contributed by atoms with Crippen molar-refractivity contribution in [3.63, 3.8) is 0 Å². The Morgan fingerprint density at radius 2 is 1.73 bits per heavy atom. The van der Waals surface area contributed by atoms with Crippen LogP contribution in [0.15, 0.2) is 66.7 Å². The average molecular weight is 601 g/mol. The third-order valence-corrected chi connectivity index (χ3v) is 8.29. The first-order valence-corrected chi connectivity index (χ1v) is 14.2. The van der Waals surface area contributed by atoms with Crippen molar-refractivity contribution in [3.05, 3.63) is 99.3 Å².